The number of aromatic nitrogens is 5. The number of pyridine rings is 2. The molecule has 0 fully saturated rings. The Balaban J connectivity index is 1.85. The maximum absolute atomic E-state index is 11.2. The maximum atomic E-state index is 11.2. The number of hydrogen-bond donors (Lipinski definition) is 2. The van der Waals surface area contributed by atoms with Crippen molar-refractivity contribution in [2.75, 3.05) is 0 Å². The molecule has 0 bridgehead atoms. The van der Waals surface area contributed by atoms with Crippen LogP contribution in [0.2, 0.25) is 0 Å². The van der Waals surface area contributed by atoms with E-state index in [-0.39, 0.29) is 25.3 Å². The van der Waals surface area contributed by atoms with Crippen LogP contribution < -0.4 is 11.5 Å². The largest absolute Gasteiger partial charge is 0.326 e. The van der Waals surface area contributed by atoms with Crippen molar-refractivity contribution in [1.29, 1.82) is 0 Å². The Bertz CT molecular complexity index is 1240. The molecule has 0 saturated carbocycles. The number of rotatable bonds is 7. The van der Waals surface area contributed by atoms with Crippen LogP contribution in [-0.4, -0.2) is 29.7 Å². The fraction of sp³-hybridized carbons (Fsp3) is 0.143. The van der Waals surface area contributed by atoms with Crippen LogP contribution >= 0.6 is 0 Å². The number of nitrogens with zero attached hydrogens (tertiary/aromatic N) is 6. The smallest absolute Gasteiger partial charge is 0.269 e. The average molecular weight is 416 g/mol. The van der Waals surface area contributed by atoms with E-state index in [0.717, 1.165) is 11.1 Å². The molecule has 4 N–H and O–H groups in total. The molecule has 0 aliphatic rings. The molecule has 0 spiro atoms. The van der Waals surface area contributed by atoms with E-state index in [1.807, 2.05) is 12.1 Å². The Hall–Kier alpha value is -4.02. The third kappa shape index (κ3) is 4.15. The topological polar surface area (TPSA) is 152 Å². The molecule has 31 heavy (non-hydrogen) atoms. The van der Waals surface area contributed by atoms with Crippen LogP contribution in [0.15, 0.2) is 60.9 Å². The van der Waals surface area contributed by atoms with E-state index in [0.29, 0.717) is 28.6 Å². The highest BCUT2D eigenvalue weighted by atomic mass is 16.6. The predicted molar refractivity (Wildman–Crippen MR) is 114 cm³/mol. The summed E-state index contributed by atoms with van der Waals surface area (Å²) >= 11 is 0. The van der Waals surface area contributed by atoms with Gasteiger partial charge in [0.25, 0.3) is 5.69 Å². The fourth-order valence-electron chi connectivity index (χ4n) is 3.28. The van der Waals surface area contributed by atoms with Crippen LogP contribution in [0, 0.1) is 10.1 Å². The quantitative estimate of drug-likeness (QED) is 0.344. The van der Waals surface area contributed by atoms with Crippen molar-refractivity contribution in [3.63, 3.8) is 0 Å². The minimum atomic E-state index is -0.427. The van der Waals surface area contributed by atoms with Gasteiger partial charge in [-0.3, -0.25) is 20.1 Å². The van der Waals surface area contributed by atoms with Crippen molar-refractivity contribution < 1.29 is 4.92 Å². The highest BCUT2D eigenvalue weighted by molar-refractivity contribution is 5.61. The van der Waals surface area contributed by atoms with Gasteiger partial charge in [0, 0.05) is 37.6 Å². The molecule has 0 amide bonds. The summed E-state index contributed by atoms with van der Waals surface area (Å²) in [6.45, 7) is 0.824. The number of nitrogens with two attached hydrogens (primary N) is 2. The second-order valence-corrected chi connectivity index (χ2v) is 6.77. The predicted octanol–water partition coefficient (Wildman–Crippen LogP) is 2.28. The Morgan fingerprint density at radius 2 is 1.61 bits per heavy atom. The summed E-state index contributed by atoms with van der Waals surface area (Å²) in [5.74, 6) is 0.895. The molecule has 0 saturated heterocycles. The lowest BCUT2D eigenvalue weighted by atomic mass is 10.1. The number of hydrogen-bond acceptors (Lipinski definition) is 8. The van der Waals surface area contributed by atoms with Gasteiger partial charge >= 0.3 is 0 Å². The third-order valence-corrected chi connectivity index (χ3v) is 4.77. The zero-order chi connectivity index (χ0) is 21.8. The zero-order valence-electron chi connectivity index (χ0n) is 16.5. The van der Waals surface area contributed by atoms with Gasteiger partial charge in [0.1, 0.15) is 11.4 Å². The third-order valence-electron chi connectivity index (χ3n) is 4.77. The van der Waals surface area contributed by atoms with Crippen molar-refractivity contribution in [3.8, 4) is 23.0 Å². The van der Waals surface area contributed by atoms with Crippen molar-refractivity contribution in [2.24, 2.45) is 11.5 Å². The molecule has 4 aromatic rings. The van der Waals surface area contributed by atoms with Gasteiger partial charge in [-0.25, -0.2) is 9.67 Å². The fourth-order valence-corrected chi connectivity index (χ4v) is 3.28. The lowest BCUT2D eigenvalue weighted by Crippen LogP contribution is -2.08. The van der Waals surface area contributed by atoms with Gasteiger partial charge in [-0.2, -0.15) is 0 Å². The van der Waals surface area contributed by atoms with Crippen LogP contribution in [-0.2, 0) is 19.6 Å². The van der Waals surface area contributed by atoms with Crippen molar-refractivity contribution >= 4 is 5.69 Å². The minimum absolute atomic E-state index is 0.00927. The van der Waals surface area contributed by atoms with Gasteiger partial charge in [0.15, 0.2) is 5.82 Å². The van der Waals surface area contributed by atoms with E-state index in [1.165, 1.54) is 12.1 Å². The average Bonchev–Trinajstić information content (AvgIpc) is 3.22. The first-order valence-corrected chi connectivity index (χ1v) is 9.57. The summed E-state index contributed by atoms with van der Waals surface area (Å²) < 4.78 is 1.66. The summed E-state index contributed by atoms with van der Waals surface area (Å²) in [6, 6.07) is 13.8. The lowest BCUT2D eigenvalue weighted by molar-refractivity contribution is -0.384. The van der Waals surface area contributed by atoms with Crippen molar-refractivity contribution in [3.05, 3.63) is 87.7 Å². The van der Waals surface area contributed by atoms with Crippen LogP contribution in [0.1, 0.15) is 16.7 Å². The first-order chi connectivity index (χ1) is 15.1. The molecular weight excluding hydrogens is 396 g/mol. The summed E-state index contributed by atoms with van der Waals surface area (Å²) in [5.41, 5.74) is 15.3. The van der Waals surface area contributed by atoms with Gasteiger partial charge in [-0.1, -0.05) is 24.3 Å². The molecule has 4 rings (SSSR count). The van der Waals surface area contributed by atoms with Gasteiger partial charge in [-0.05, 0) is 28.8 Å². The van der Waals surface area contributed by atoms with Crippen LogP contribution in [0.4, 0.5) is 5.69 Å². The first-order valence-electron chi connectivity index (χ1n) is 9.57. The molecular formula is C21H20N8O2. The summed E-state index contributed by atoms with van der Waals surface area (Å²) in [6.07, 6.45) is 3.31. The van der Waals surface area contributed by atoms with Crippen molar-refractivity contribution in [2.45, 2.75) is 19.6 Å². The van der Waals surface area contributed by atoms with Gasteiger partial charge in [0.05, 0.1) is 11.5 Å². The molecule has 0 aliphatic carbocycles. The summed E-state index contributed by atoms with van der Waals surface area (Å²) in [4.78, 5) is 24.3. The molecule has 3 heterocycles. The van der Waals surface area contributed by atoms with E-state index in [4.69, 9.17) is 16.5 Å². The van der Waals surface area contributed by atoms with Crippen LogP contribution in [0.3, 0.4) is 0 Å². The normalized spacial score (nSPS) is 10.9. The Kier molecular flexibility index (Phi) is 5.74. The molecule has 0 aliphatic heterocycles. The van der Waals surface area contributed by atoms with Crippen molar-refractivity contribution in [1.82, 2.24) is 24.7 Å². The van der Waals surface area contributed by atoms with Gasteiger partial charge < -0.3 is 11.5 Å². The Morgan fingerprint density at radius 3 is 2.29 bits per heavy atom. The number of nitro benzene ring substituents is 1. The standard InChI is InChI=1S/C21H20N8O2/c22-11-15-5-2-8-24-18(15)20-26-21(19-16(12-23)6-3-9-25-19)28(27-20)13-14-4-1-7-17(10-14)29(30)31/h1-10H,11-13,22-23H2. The van der Waals surface area contributed by atoms with Gasteiger partial charge in [-0.15, -0.1) is 5.10 Å². The Labute approximate surface area is 177 Å². The van der Waals surface area contributed by atoms with E-state index >= 15 is 0 Å². The molecule has 0 unspecified atom stereocenters. The van der Waals surface area contributed by atoms with Crippen LogP contribution in [0.5, 0.6) is 0 Å². The highest BCUT2D eigenvalue weighted by Crippen LogP contribution is 2.25. The maximum Gasteiger partial charge on any atom is 0.269 e. The first kappa shape index (κ1) is 20.3. The van der Waals surface area contributed by atoms with Gasteiger partial charge in [0.2, 0.25) is 5.82 Å². The molecule has 3 aromatic heterocycles. The van der Waals surface area contributed by atoms with E-state index in [9.17, 15) is 10.1 Å². The summed E-state index contributed by atoms with van der Waals surface area (Å²) in [5, 5.41) is 15.8. The molecule has 156 valence electrons. The molecule has 10 nitrogen and oxygen atoms in total. The second-order valence-electron chi connectivity index (χ2n) is 6.77. The van der Waals surface area contributed by atoms with E-state index in [2.05, 4.69) is 15.1 Å². The molecule has 0 atom stereocenters. The van der Waals surface area contributed by atoms with E-state index in [1.54, 1.807) is 41.3 Å². The van der Waals surface area contributed by atoms with E-state index < -0.39 is 4.92 Å². The Morgan fingerprint density at radius 1 is 0.935 bits per heavy atom. The second kappa shape index (κ2) is 8.78. The SMILES string of the molecule is NCc1cccnc1-c1nc(-c2ncccc2CN)n(Cc2cccc([N+](=O)[O-])c2)n1. The summed E-state index contributed by atoms with van der Waals surface area (Å²) in [7, 11) is 0. The monoisotopic (exact) mass is 416 g/mol. The van der Waals surface area contributed by atoms with Crippen LogP contribution in [0.25, 0.3) is 23.0 Å². The number of nitro groups is 1. The highest BCUT2D eigenvalue weighted by Gasteiger charge is 2.20. The zero-order valence-corrected chi connectivity index (χ0v) is 16.5. The molecule has 1 aromatic carbocycles. The molecule has 10 heteroatoms. The number of benzene rings is 1. The molecule has 0 radical (unpaired) electrons. The lowest BCUT2D eigenvalue weighted by Gasteiger charge is -2.08. The number of non-ortho nitro benzene ring substituents is 1. The minimum Gasteiger partial charge on any atom is -0.326 e.